The summed E-state index contributed by atoms with van der Waals surface area (Å²) < 4.78 is 8.27. The van der Waals surface area contributed by atoms with Gasteiger partial charge in [-0.1, -0.05) is 0 Å². The number of hydrogen-bond acceptors (Lipinski definition) is 7. The Labute approximate surface area is 140 Å². The lowest BCUT2D eigenvalue weighted by Crippen LogP contribution is -2.58. The highest BCUT2D eigenvalue weighted by atomic mass is 16.5. The van der Waals surface area contributed by atoms with E-state index >= 15 is 0 Å². The average Bonchev–Trinajstić information content (AvgIpc) is 3.25. The fourth-order valence-corrected chi connectivity index (χ4v) is 4.49. The van der Waals surface area contributed by atoms with E-state index in [4.69, 9.17) is 10.5 Å². The van der Waals surface area contributed by atoms with Crippen LogP contribution in [0.4, 0.5) is 5.82 Å². The molecule has 8 nitrogen and oxygen atoms in total. The van der Waals surface area contributed by atoms with Crippen LogP contribution in [0, 0.1) is 5.41 Å². The number of nitrogens with zero attached hydrogens (tertiary/aromatic N) is 5. The van der Waals surface area contributed by atoms with Gasteiger partial charge in [0.2, 0.25) is 0 Å². The Hall–Kier alpha value is -1.77. The molecule has 0 radical (unpaired) electrons. The first-order valence-corrected chi connectivity index (χ1v) is 8.74. The van der Waals surface area contributed by atoms with Gasteiger partial charge in [0.25, 0.3) is 0 Å². The molecule has 24 heavy (non-hydrogen) atoms. The summed E-state index contributed by atoms with van der Waals surface area (Å²) in [7, 11) is 0. The molecular formula is C16H23N7O. The van der Waals surface area contributed by atoms with E-state index in [0.717, 1.165) is 25.0 Å². The molecular weight excluding hydrogens is 306 g/mol. The van der Waals surface area contributed by atoms with Crippen molar-refractivity contribution in [2.75, 3.05) is 38.5 Å². The minimum absolute atomic E-state index is 0.00214. The molecule has 0 amide bonds. The molecule has 3 saturated heterocycles. The summed E-state index contributed by atoms with van der Waals surface area (Å²) in [6.45, 7) is 5.81. The number of anilines is 1. The van der Waals surface area contributed by atoms with Crippen LogP contribution in [0.1, 0.15) is 25.5 Å². The number of fused-ring (bicyclic) bond motifs is 1. The minimum atomic E-state index is -0.00214. The smallest absolute Gasteiger partial charge is 0.167 e. The summed E-state index contributed by atoms with van der Waals surface area (Å²) >= 11 is 0. The molecule has 3 aliphatic rings. The maximum Gasteiger partial charge on any atom is 0.167 e. The molecule has 0 aromatic carbocycles. The van der Waals surface area contributed by atoms with Crippen LogP contribution in [0.5, 0.6) is 0 Å². The molecule has 8 heteroatoms. The van der Waals surface area contributed by atoms with E-state index in [1.165, 1.54) is 38.9 Å². The molecule has 5 rings (SSSR count). The summed E-state index contributed by atoms with van der Waals surface area (Å²) in [6.07, 6.45) is 6.92. The van der Waals surface area contributed by atoms with Gasteiger partial charge in [-0.15, -0.1) is 0 Å². The molecule has 2 unspecified atom stereocenters. The SMILES string of the molecule is Nc1ncnc2c1ncn2C1CCC(CN2CC3(CCNC3)C2)O1. The van der Waals surface area contributed by atoms with Crippen molar-refractivity contribution in [3.8, 4) is 0 Å². The Kier molecular flexibility index (Phi) is 3.26. The van der Waals surface area contributed by atoms with Crippen molar-refractivity contribution < 1.29 is 4.74 Å². The zero-order valence-electron chi connectivity index (χ0n) is 13.7. The maximum absolute atomic E-state index is 6.28. The monoisotopic (exact) mass is 329 g/mol. The molecule has 2 aromatic rings. The molecule has 2 aromatic heterocycles. The highest BCUT2D eigenvalue weighted by Gasteiger charge is 2.45. The first kappa shape index (κ1) is 14.6. The predicted molar refractivity (Wildman–Crippen MR) is 89.2 cm³/mol. The lowest BCUT2D eigenvalue weighted by atomic mass is 9.79. The van der Waals surface area contributed by atoms with Gasteiger partial charge in [0.05, 0.1) is 12.4 Å². The van der Waals surface area contributed by atoms with Crippen LogP contribution in [-0.2, 0) is 4.74 Å². The Bertz CT molecular complexity index is 746. The lowest BCUT2D eigenvalue weighted by molar-refractivity contribution is -0.0523. The third-order valence-corrected chi connectivity index (χ3v) is 5.69. The second-order valence-corrected chi connectivity index (χ2v) is 7.47. The third kappa shape index (κ3) is 2.28. The number of aromatic nitrogens is 4. The van der Waals surface area contributed by atoms with Gasteiger partial charge in [-0.3, -0.25) is 9.47 Å². The van der Waals surface area contributed by atoms with E-state index in [9.17, 15) is 0 Å². The second kappa shape index (κ2) is 5.37. The Morgan fingerprint density at radius 1 is 1.29 bits per heavy atom. The fourth-order valence-electron chi connectivity index (χ4n) is 4.49. The molecule has 3 N–H and O–H groups in total. The van der Waals surface area contributed by atoms with Crippen molar-refractivity contribution in [3.63, 3.8) is 0 Å². The largest absolute Gasteiger partial charge is 0.382 e. The van der Waals surface area contributed by atoms with Crippen LogP contribution < -0.4 is 11.1 Å². The van der Waals surface area contributed by atoms with Crippen LogP contribution >= 0.6 is 0 Å². The number of likely N-dealkylation sites (tertiary alicyclic amines) is 1. The first-order valence-electron chi connectivity index (χ1n) is 8.74. The standard InChI is InChI=1S/C16H23N7O/c17-14-13-15(20-9-19-14)23(10-21-13)12-2-1-11(24-12)5-22-7-16(8-22)3-4-18-6-16/h9-12,18H,1-8H2,(H2,17,19,20). The third-order valence-electron chi connectivity index (χ3n) is 5.69. The van der Waals surface area contributed by atoms with E-state index in [1.54, 1.807) is 6.33 Å². The van der Waals surface area contributed by atoms with Crippen molar-refractivity contribution in [2.45, 2.75) is 31.6 Å². The van der Waals surface area contributed by atoms with Crippen molar-refractivity contribution in [2.24, 2.45) is 5.41 Å². The summed E-state index contributed by atoms with van der Waals surface area (Å²) in [5, 5.41) is 3.49. The fraction of sp³-hybridized carbons (Fsp3) is 0.688. The second-order valence-electron chi connectivity index (χ2n) is 7.47. The van der Waals surface area contributed by atoms with Gasteiger partial charge in [-0.05, 0) is 25.8 Å². The van der Waals surface area contributed by atoms with Gasteiger partial charge >= 0.3 is 0 Å². The van der Waals surface area contributed by atoms with Gasteiger partial charge in [0.1, 0.15) is 18.1 Å². The Morgan fingerprint density at radius 3 is 3.04 bits per heavy atom. The molecule has 1 spiro atoms. The molecule has 0 aliphatic carbocycles. The highest BCUT2D eigenvalue weighted by molar-refractivity contribution is 5.81. The Morgan fingerprint density at radius 2 is 2.21 bits per heavy atom. The van der Waals surface area contributed by atoms with Crippen LogP contribution in [-0.4, -0.2) is 63.2 Å². The van der Waals surface area contributed by atoms with Crippen molar-refractivity contribution in [1.29, 1.82) is 0 Å². The highest BCUT2D eigenvalue weighted by Crippen LogP contribution is 2.38. The molecule has 0 bridgehead atoms. The molecule has 5 heterocycles. The summed E-state index contributed by atoms with van der Waals surface area (Å²) in [5.41, 5.74) is 7.83. The molecule has 0 saturated carbocycles. The average molecular weight is 329 g/mol. The number of nitrogen functional groups attached to an aromatic ring is 1. The van der Waals surface area contributed by atoms with Crippen molar-refractivity contribution in [1.82, 2.24) is 29.7 Å². The summed E-state index contributed by atoms with van der Waals surface area (Å²) in [6, 6.07) is 0. The zero-order chi connectivity index (χ0) is 16.1. The summed E-state index contributed by atoms with van der Waals surface area (Å²) in [5.74, 6) is 0.421. The summed E-state index contributed by atoms with van der Waals surface area (Å²) in [4.78, 5) is 15.2. The number of imidazole rings is 1. The van der Waals surface area contributed by atoms with Gasteiger partial charge < -0.3 is 15.8 Å². The lowest BCUT2D eigenvalue weighted by Gasteiger charge is -2.48. The number of rotatable bonds is 3. The van der Waals surface area contributed by atoms with E-state index in [0.29, 0.717) is 22.9 Å². The van der Waals surface area contributed by atoms with E-state index in [2.05, 4.69) is 25.2 Å². The predicted octanol–water partition coefficient (Wildman–Crippen LogP) is 0.381. The van der Waals surface area contributed by atoms with Gasteiger partial charge in [-0.2, -0.15) is 0 Å². The van der Waals surface area contributed by atoms with E-state index in [1.807, 2.05) is 4.57 Å². The molecule has 3 aliphatic heterocycles. The van der Waals surface area contributed by atoms with Crippen molar-refractivity contribution >= 4 is 17.0 Å². The van der Waals surface area contributed by atoms with Crippen LogP contribution in [0.15, 0.2) is 12.7 Å². The number of hydrogen-bond donors (Lipinski definition) is 2. The van der Waals surface area contributed by atoms with Gasteiger partial charge in [-0.25, -0.2) is 15.0 Å². The molecule has 2 atom stereocenters. The zero-order valence-corrected chi connectivity index (χ0v) is 13.7. The molecule has 128 valence electrons. The van der Waals surface area contributed by atoms with Crippen LogP contribution in [0.3, 0.4) is 0 Å². The quantitative estimate of drug-likeness (QED) is 0.841. The van der Waals surface area contributed by atoms with Crippen molar-refractivity contribution in [3.05, 3.63) is 12.7 Å². The number of nitrogens with two attached hydrogens (primary N) is 1. The van der Waals surface area contributed by atoms with Gasteiger partial charge in [0, 0.05) is 31.6 Å². The van der Waals surface area contributed by atoms with E-state index < -0.39 is 0 Å². The number of nitrogens with one attached hydrogen (secondary N) is 1. The van der Waals surface area contributed by atoms with Crippen LogP contribution in [0.25, 0.3) is 11.2 Å². The minimum Gasteiger partial charge on any atom is -0.382 e. The van der Waals surface area contributed by atoms with Crippen LogP contribution in [0.2, 0.25) is 0 Å². The first-order chi connectivity index (χ1) is 11.7. The Balaban J connectivity index is 1.23. The number of ether oxygens (including phenoxy) is 1. The topological polar surface area (TPSA) is 94.1 Å². The maximum atomic E-state index is 6.28. The van der Waals surface area contributed by atoms with E-state index in [-0.39, 0.29) is 6.23 Å². The molecule has 3 fully saturated rings. The van der Waals surface area contributed by atoms with Gasteiger partial charge in [0.15, 0.2) is 11.5 Å². The normalized spacial score (nSPS) is 29.5.